The van der Waals surface area contributed by atoms with Crippen molar-refractivity contribution in [3.8, 4) is 5.88 Å². The average molecular weight is 279 g/mol. The fourth-order valence-electron chi connectivity index (χ4n) is 2.17. The Kier molecular flexibility index (Phi) is 3.96. The monoisotopic (exact) mass is 279 g/mol. The van der Waals surface area contributed by atoms with E-state index in [1.807, 2.05) is 25.7 Å². The van der Waals surface area contributed by atoms with Crippen LogP contribution in [0.4, 0.5) is 11.5 Å². The molecule has 0 atom stereocenters. The summed E-state index contributed by atoms with van der Waals surface area (Å²) in [6.45, 7) is 7.45. The first kappa shape index (κ1) is 14.4. The molecule has 0 spiro atoms. The van der Waals surface area contributed by atoms with Crippen LogP contribution in [0.5, 0.6) is 5.88 Å². The molecule has 0 unspecified atom stereocenters. The first-order chi connectivity index (χ1) is 9.48. The van der Waals surface area contributed by atoms with Crippen LogP contribution in [-0.4, -0.2) is 41.1 Å². The molecule has 1 amide bonds. The van der Waals surface area contributed by atoms with Crippen LogP contribution < -0.4 is 20.7 Å². The number of nitrogen functional groups attached to an aromatic ring is 1. The maximum atomic E-state index is 12.0. The minimum atomic E-state index is -0.706. The van der Waals surface area contributed by atoms with Crippen molar-refractivity contribution >= 4 is 17.4 Å². The highest BCUT2D eigenvalue weighted by Crippen LogP contribution is 2.33. The summed E-state index contributed by atoms with van der Waals surface area (Å²) in [6, 6.07) is 0. The van der Waals surface area contributed by atoms with Crippen LogP contribution in [0.15, 0.2) is 6.33 Å². The SMILES string of the molecule is CCCOc1ncnc(N2CCNC(=O)C2(C)C)c1N. The molecule has 7 heteroatoms. The molecule has 7 nitrogen and oxygen atoms in total. The van der Waals surface area contributed by atoms with Crippen LogP contribution in [0.25, 0.3) is 0 Å². The van der Waals surface area contributed by atoms with Crippen LogP contribution in [0.2, 0.25) is 0 Å². The van der Waals surface area contributed by atoms with E-state index in [1.54, 1.807) is 0 Å². The molecule has 1 aromatic heterocycles. The van der Waals surface area contributed by atoms with Crippen molar-refractivity contribution in [2.75, 3.05) is 30.3 Å². The van der Waals surface area contributed by atoms with Gasteiger partial charge in [0.15, 0.2) is 5.82 Å². The predicted octanol–water partition coefficient (Wildman–Crippen LogP) is 0.562. The predicted molar refractivity (Wildman–Crippen MR) is 76.7 cm³/mol. The van der Waals surface area contributed by atoms with Crippen molar-refractivity contribution in [3.63, 3.8) is 0 Å². The molecule has 110 valence electrons. The molecule has 0 bridgehead atoms. The minimum absolute atomic E-state index is 0.0437. The first-order valence-electron chi connectivity index (χ1n) is 6.77. The van der Waals surface area contributed by atoms with Gasteiger partial charge in [-0.15, -0.1) is 0 Å². The second-order valence-electron chi connectivity index (χ2n) is 5.23. The van der Waals surface area contributed by atoms with Gasteiger partial charge in [0, 0.05) is 13.1 Å². The average Bonchev–Trinajstić information content (AvgIpc) is 2.41. The highest BCUT2D eigenvalue weighted by molar-refractivity contribution is 5.91. The maximum Gasteiger partial charge on any atom is 0.245 e. The summed E-state index contributed by atoms with van der Waals surface area (Å²) in [5, 5.41) is 2.84. The Hall–Kier alpha value is -2.05. The van der Waals surface area contributed by atoms with E-state index in [0.717, 1.165) is 6.42 Å². The van der Waals surface area contributed by atoms with Gasteiger partial charge in [0.2, 0.25) is 11.8 Å². The van der Waals surface area contributed by atoms with Crippen molar-refractivity contribution in [3.05, 3.63) is 6.33 Å². The number of rotatable bonds is 4. The summed E-state index contributed by atoms with van der Waals surface area (Å²) in [5.41, 5.74) is 5.77. The number of piperazine rings is 1. The lowest BCUT2D eigenvalue weighted by Gasteiger charge is -2.42. The molecule has 0 aromatic carbocycles. The van der Waals surface area contributed by atoms with E-state index in [-0.39, 0.29) is 5.91 Å². The topological polar surface area (TPSA) is 93.4 Å². The lowest BCUT2D eigenvalue weighted by molar-refractivity contribution is -0.126. The van der Waals surface area contributed by atoms with Crippen LogP contribution in [0.3, 0.4) is 0 Å². The third kappa shape index (κ3) is 2.48. The maximum absolute atomic E-state index is 12.0. The Labute approximate surface area is 118 Å². The van der Waals surface area contributed by atoms with E-state index in [2.05, 4.69) is 15.3 Å². The Bertz CT molecular complexity index is 504. The molecule has 0 radical (unpaired) electrons. The number of aromatic nitrogens is 2. The highest BCUT2D eigenvalue weighted by Gasteiger charge is 2.39. The smallest absolute Gasteiger partial charge is 0.245 e. The van der Waals surface area contributed by atoms with E-state index in [9.17, 15) is 4.79 Å². The lowest BCUT2D eigenvalue weighted by Crippen LogP contribution is -2.62. The molecular weight excluding hydrogens is 258 g/mol. The second-order valence-corrected chi connectivity index (χ2v) is 5.23. The Morgan fingerprint density at radius 2 is 2.25 bits per heavy atom. The highest BCUT2D eigenvalue weighted by atomic mass is 16.5. The zero-order chi connectivity index (χ0) is 14.8. The normalized spacial score (nSPS) is 17.8. The summed E-state index contributed by atoms with van der Waals surface area (Å²) in [5.74, 6) is 0.877. The summed E-state index contributed by atoms with van der Waals surface area (Å²) in [7, 11) is 0. The summed E-state index contributed by atoms with van der Waals surface area (Å²) < 4.78 is 5.51. The van der Waals surface area contributed by atoms with Gasteiger partial charge in [0.1, 0.15) is 17.6 Å². The Balaban J connectivity index is 2.34. The number of carbonyl (C=O) groups is 1. The molecule has 1 aromatic rings. The van der Waals surface area contributed by atoms with Gasteiger partial charge in [-0.2, -0.15) is 4.98 Å². The summed E-state index contributed by atoms with van der Waals surface area (Å²) in [6.07, 6.45) is 2.29. The van der Waals surface area contributed by atoms with E-state index in [4.69, 9.17) is 10.5 Å². The molecule has 0 aliphatic carbocycles. The van der Waals surface area contributed by atoms with Crippen molar-refractivity contribution in [1.82, 2.24) is 15.3 Å². The molecule has 3 N–H and O–H groups in total. The van der Waals surface area contributed by atoms with Gasteiger partial charge < -0.3 is 20.7 Å². The van der Waals surface area contributed by atoms with Gasteiger partial charge in [-0.25, -0.2) is 4.98 Å². The van der Waals surface area contributed by atoms with Crippen LogP contribution in [-0.2, 0) is 4.79 Å². The number of amides is 1. The van der Waals surface area contributed by atoms with Gasteiger partial charge in [-0.1, -0.05) is 6.92 Å². The summed E-state index contributed by atoms with van der Waals surface area (Å²) >= 11 is 0. The number of nitrogens with zero attached hydrogens (tertiary/aromatic N) is 3. The molecule has 0 saturated carbocycles. The third-order valence-corrected chi connectivity index (χ3v) is 3.38. The van der Waals surface area contributed by atoms with E-state index < -0.39 is 5.54 Å². The van der Waals surface area contributed by atoms with Crippen molar-refractivity contribution in [2.45, 2.75) is 32.7 Å². The van der Waals surface area contributed by atoms with E-state index in [0.29, 0.717) is 37.1 Å². The fraction of sp³-hybridized carbons (Fsp3) is 0.615. The zero-order valence-corrected chi connectivity index (χ0v) is 12.1. The molecule has 2 rings (SSSR count). The fourth-order valence-corrected chi connectivity index (χ4v) is 2.17. The molecule has 20 heavy (non-hydrogen) atoms. The number of nitrogens with two attached hydrogens (primary N) is 1. The van der Waals surface area contributed by atoms with Crippen LogP contribution in [0.1, 0.15) is 27.2 Å². The molecule has 1 fully saturated rings. The number of hydrogen-bond donors (Lipinski definition) is 2. The molecule has 1 saturated heterocycles. The number of nitrogens with one attached hydrogen (secondary N) is 1. The van der Waals surface area contributed by atoms with Gasteiger partial charge >= 0.3 is 0 Å². The Morgan fingerprint density at radius 3 is 2.95 bits per heavy atom. The van der Waals surface area contributed by atoms with Crippen molar-refractivity contribution in [1.29, 1.82) is 0 Å². The standard InChI is InChI=1S/C13H21N5O2/c1-4-7-20-11-9(14)10(16-8-17-11)18-6-5-15-12(19)13(18,2)3/h8H,4-7,14H2,1-3H3,(H,15,19). The van der Waals surface area contributed by atoms with Crippen molar-refractivity contribution in [2.24, 2.45) is 0 Å². The van der Waals surface area contributed by atoms with E-state index in [1.165, 1.54) is 6.33 Å². The lowest BCUT2D eigenvalue weighted by atomic mass is 9.99. The number of hydrogen-bond acceptors (Lipinski definition) is 6. The van der Waals surface area contributed by atoms with Gasteiger partial charge in [0.05, 0.1) is 6.61 Å². The van der Waals surface area contributed by atoms with Gasteiger partial charge in [0.25, 0.3) is 0 Å². The van der Waals surface area contributed by atoms with E-state index >= 15 is 0 Å². The quantitative estimate of drug-likeness (QED) is 0.836. The second kappa shape index (κ2) is 5.52. The first-order valence-corrected chi connectivity index (χ1v) is 6.77. The minimum Gasteiger partial charge on any atom is -0.476 e. The van der Waals surface area contributed by atoms with Crippen molar-refractivity contribution < 1.29 is 9.53 Å². The third-order valence-electron chi connectivity index (χ3n) is 3.38. The Morgan fingerprint density at radius 1 is 1.50 bits per heavy atom. The van der Waals surface area contributed by atoms with Gasteiger partial charge in [-0.3, -0.25) is 4.79 Å². The number of anilines is 2. The molecule has 1 aliphatic rings. The summed E-state index contributed by atoms with van der Waals surface area (Å²) in [4.78, 5) is 22.2. The zero-order valence-electron chi connectivity index (χ0n) is 12.1. The number of ether oxygens (including phenoxy) is 1. The molecule has 2 heterocycles. The van der Waals surface area contributed by atoms with Crippen LogP contribution >= 0.6 is 0 Å². The number of carbonyl (C=O) groups excluding carboxylic acids is 1. The van der Waals surface area contributed by atoms with Gasteiger partial charge in [-0.05, 0) is 20.3 Å². The molecule has 1 aliphatic heterocycles. The largest absolute Gasteiger partial charge is 0.476 e. The van der Waals surface area contributed by atoms with Crippen LogP contribution in [0, 0.1) is 0 Å². The molecular formula is C13H21N5O2.